The molecular formula is C10H9N3O2. The molecule has 5 nitrogen and oxygen atoms in total. The highest BCUT2D eigenvalue weighted by molar-refractivity contribution is 5.73. The monoisotopic (exact) mass is 203 g/mol. The molecule has 2 aromatic rings. The number of nitrogens with zero attached hydrogens (tertiary/aromatic N) is 2. The summed E-state index contributed by atoms with van der Waals surface area (Å²) in [5.41, 5.74) is 1.94. The molecule has 0 aliphatic carbocycles. The number of nitrogens with one attached hydrogen (secondary N) is 1. The van der Waals surface area contributed by atoms with Crippen molar-refractivity contribution in [1.29, 1.82) is 0 Å². The molecule has 0 saturated heterocycles. The second-order valence-electron chi connectivity index (χ2n) is 3.02. The molecule has 0 atom stereocenters. The Bertz CT molecular complexity index is 465. The number of aromatic nitrogens is 3. The van der Waals surface area contributed by atoms with E-state index in [0.717, 1.165) is 5.56 Å². The van der Waals surface area contributed by atoms with Crippen LogP contribution >= 0.6 is 0 Å². The summed E-state index contributed by atoms with van der Waals surface area (Å²) in [6, 6.07) is 1.83. The predicted molar refractivity (Wildman–Crippen MR) is 53.2 cm³/mol. The zero-order chi connectivity index (χ0) is 10.7. The first kappa shape index (κ1) is 9.39. The second-order valence-corrected chi connectivity index (χ2v) is 3.02. The van der Waals surface area contributed by atoms with Gasteiger partial charge in [-0.25, -0.2) is 0 Å². The van der Waals surface area contributed by atoms with Crippen molar-refractivity contribution in [2.45, 2.75) is 6.42 Å². The fraction of sp³-hybridized carbons (Fsp3) is 0.100. The quantitative estimate of drug-likeness (QED) is 0.782. The number of hydrogen-bond donors (Lipinski definition) is 2. The van der Waals surface area contributed by atoms with Crippen LogP contribution in [-0.4, -0.2) is 26.0 Å². The summed E-state index contributed by atoms with van der Waals surface area (Å²) >= 11 is 0. The molecule has 76 valence electrons. The fourth-order valence-electron chi connectivity index (χ4n) is 1.35. The maximum atomic E-state index is 10.6. The summed E-state index contributed by atoms with van der Waals surface area (Å²) in [6.45, 7) is 0. The molecule has 0 saturated carbocycles. The Balaban J connectivity index is 2.42. The first-order chi connectivity index (χ1) is 7.27. The lowest BCUT2D eigenvalue weighted by Gasteiger charge is -2.02. The Hall–Kier alpha value is -2.17. The fourth-order valence-corrected chi connectivity index (χ4v) is 1.35. The van der Waals surface area contributed by atoms with Gasteiger partial charge in [0.25, 0.3) is 0 Å². The summed E-state index contributed by atoms with van der Waals surface area (Å²) < 4.78 is 0. The normalized spacial score (nSPS) is 10.1. The summed E-state index contributed by atoms with van der Waals surface area (Å²) in [4.78, 5) is 21.7. The molecule has 0 bridgehead atoms. The van der Waals surface area contributed by atoms with Gasteiger partial charge in [-0.05, 0) is 6.07 Å². The first-order valence-corrected chi connectivity index (χ1v) is 4.42. The summed E-state index contributed by atoms with van der Waals surface area (Å²) in [7, 11) is 0. The molecular weight excluding hydrogens is 194 g/mol. The van der Waals surface area contributed by atoms with Crippen molar-refractivity contribution >= 4 is 5.97 Å². The second kappa shape index (κ2) is 3.91. The van der Waals surface area contributed by atoms with E-state index >= 15 is 0 Å². The van der Waals surface area contributed by atoms with Gasteiger partial charge < -0.3 is 10.1 Å². The minimum Gasteiger partial charge on any atom is -0.481 e. The number of aromatic amines is 1. The smallest absolute Gasteiger partial charge is 0.309 e. The topological polar surface area (TPSA) is 78.9 Å². The number of carbonyl (C=O) groups is 1. The summed E-state index contributed by atoms with van der Waals surface area (Å²) in [5, 5.41) is 8.71. The maximum Gasteiger partial charge on any atom is 0.309 e. The van der Waals surface area contributed by atoms with E-state index in [2.05, 4.69) is 15.0 Å². The minimum atomic E-state index is -0.910. The third-order valence-corrected chi connectivity index (χ3v) is 1.96. The summed E-state index contributed by atoms with van der Waals surface area (Å²) in [6.07, 6.45) is 6.44. The molecule has 2 N–H and O–H groups in total. The van der Waals surface area contributed by atoms with E-state index in [1.165, 1.54) is 6.20 Å². The molecule has 0 spiro atoms. The van der Waals surface area contributed by atoms with Crippen molar-refractivity contribution in [3.05, 3.63) is 36.5 Å². The van der Waals surface area contributed by atoms with Crippen molar-refractivity contribution in [3.8, 4) is 11.3 Å². The Morgan fingerprint density at radius 1 is 1.40 bits per heavy atom. The molecule has 15 heavy (non-hydrogen) atoms. The van der Waals surface area contributed by atoms with Crippen LogP contribution in [-0.2, 0) is 11.2 Å². The molecule has 5 heteroatoms. The van der Waals surface area contributed by atoms with Gasteiger partial charge in [0.2, 0.25) is 0 Å². The lowest BCUT2D eigenvalue weighted by Crippen LogP contribution is -2.05. The molecule has 0 amide bonds. The van der Waals surface area contributed by atoms with Gasteiger partial charge in [-0.1, -0.05) is 0 Å². The van der Waals surface area contributed by atoms with E-state index in [1.807, 2.05) is 6.07 Å². The predicted octanol–water partition coefficient (Wildman–Crippen LogP) is 1.10. The molecule has 0 radical (unpaired) electrons. The number of H-pyrrole nitrogens is 1. The average Bonchev–Trinajstić information content (AvgIpc) is 2.70. The molecule has 2 aromatic heterocycles. The van der Waals surface area contributed by atoms with Gasteiger partial charge in [-0.2, -0.15) is 0 Å². The molecule has 0 aliphatic heterocycles. The van der Waals surface area contributed by atoms with Gasteiger partial charge >= 0.3 is 5.97 Å². The maximum absolute atomic E-state index is 10.6. The van der Waals surface area contributed by atoms with Crippen LogP contribution in [0, 0.1) is 0 Å². The lowest BCUT2D eigenvalue weighted by atomic mass is 10.1. The summed E-state index contributed by atoms with van der Waals surface area (Å²) in [5.74, 6) is -0.910. The van der Waals surface area contributed by atoms with Crippen molar-refractivity contribution in [2.75, 3.05) is 0 Å². The highest BCUT2D eigenvalue weighted by Gasteiger charge is 2.10. The number of aliphatic carboxylic acids is 1. The number of carboxylic acids is 1. The van der Waals surface area contributed by atoms with Crippen molar-refractivity contribution in [2.24, 2.45) is 0 Å². The van der Waals surface area contributed by atoms with Gasteiger partial charge in [0.05, 0.1) is 17.8 Å². The van der Waals surface area contributed by atoms with Gasteiger partial charge in [-0.3, -0.25) is 14.8 Å². The van der Waals surface area contributed by atoms with Crippen molar-refractivity contribution < 1.29 is 9.90 Å². The highest BCUT2D eigenvalue weighted by atomic mass is 16.4. The van der Waals surface area contributed by atoms with E-state index in [0.29, 0.717) is 11.4 Å². The first-order valence-electron chi connectivity index (χ1n) is 4.42. The van der Waals surface area contributed by atoms with E-state index in [-0.39, 0.29) is 6.42 Å². The standard InChI is InChI=1S/C10H9N3O2/c14-9(15)5-8-10(13-4-3-12-8)7-1-2-11-6-7/h1-4,6,11H,5H2,(H,14,15). The minimum absolute atomic E-state index is 0.117. The van der Waals surface area contributed by atoms with E-state index in [1.54, 1.807) is 18.6 Å². The van der Waals surface area contributed by atoms with E-state index < -0.39 is 5.97 Å². The van der Waals surface area contributed by atoms with Gasteiger partial charge in [0.15, 0.2) is 0 Å². The van der Waals surface area contributed by atoms with Crippen LogP contribution in [0.25, 0.3) is 11.3 Å². The van der Waals surface area contributed by atoms with Crippen LogP contribution in [0.5, 0.6) is 0 Å². The van der Waals surface area contributed by atoms with E-state index in [9.17, 15) is 4.79 Å². The molecule has 2 heterocycles. The van der Waals surface area contributed by atoms with Crippen LogP contribution in [0.15, 0.2) is 30.9 Å². The van der Waals surface area contributed by atoms with Gasteiger partial charge in [-0.15, -0.1) is 0 Å². The Labute approximate surface area is 85.8 Å². The van der Waals surface area contributed by atoms with Crippen LogP contribution in [0.3, 0.4) is 0 Å². The van der Waals surface area contributed by atoms with Gasteiger partial charge in [0, 0.05) is 30.4 Å². The molecule has 0 aliphatic rings. The number of carboxylic acid groups (broad SMARTS) is 1. The number of hydrogen-bond acceptors (Lipinski definition) is 3. The molecule has 0 fully saturated rings. The Morgan fingerprint density at radius 2 is 2.20 bits per heavy atom. The lowest BCUT2D eigenvalue weighted by molar-refractivity contribution is -0.136. The van der Waals surface area contributed by atoms with E-state index in [4.69, 9.17) is 5.11 Å². The average molecular weight is 203 g/mol. The number of rotatable bonds is 3. The third-order valence-electron chi connectivity index (χ3n) is 1.96. The van der Waals surface area contributed by atoms with Crippen molar-refractivity contribution in [3.63, 3.8) is 0 Å². The van der Waals surface area contributed by atoms with Crippen LogP contribution in [0.4, 0.5) is 0 Å². The van der Waals surface area contributed by atoms with Crippen molar-refractivity contribution in [1.82, 2.24) is 15.0 Å². The van der Waals surface area contributed by atoms with Crippen LogP contribution in [0.1, 0.15) is 5.69 Å². The molecule has 0 aromatic carbocycles. The van der Waals surface area contributed by atoms with Gasteiger partial charge in [0.1, 0.15) is 0 Å². The largest absolute Gasteiger partial charge is 0.481 e. The third kappa shape index (κ3) is 2.01. The zero-order valence-electron chi connectivity index (χ0n) is 7.84. The zero-order valence-corrected chi connectivity index (χ0v) is 7.84. The molecule has 2 rings (SSSR count). The highest BCUT2D eigenvalue weighted by Crippen LogP contribution is 2.18. The Morgan fingerprint density at radius 3 is 2.87 bits per heavy atom. The van der Waals surface area contributed by atoms with Crippen LogP contribution in [0.2, 0.25) is 0 Å². The SMILES string of the molecule is O=C(O)Cc1nccnc1-c1cc[nH]c1. The Kier molecular flexibility index (Phi) is 2.45. The molecule has 0 unspecified atom stereocenters. The van der Waals surface area contributed by atoms with Crippen LogP contribution < -0.4 is 0 Å².